The fourth-order valence-corrected chi connectivity index (χ4v) is 2.22. The molecule has 0 saturated carbocycles. The summed E-state index contributed by atoms with van der Waals surface area (Å²) in [6.07, 6.45) is 7.04. The Bertz CT molecular complexity index is 888. The van der Waals surface area contributed by atoms with Crippen LogP contribution in [0.25, 0.3) is 22.5 Å². The van der Waals surface area contributed by atoms with Crippen molar-refractivity contribution < 1.29 is 0 Å². The lowest BCUT2D eigenvalue weighted by Crippen LogP contribution is -2.04. The van der Waals surface area contributed by atoms with E-state index in [4.69, 9.17) is 5.73 Å². The van der Waals surface area contributed by atoms with Crippen molar-refractivity contribution in [1.82, 2.24) is 23.9 Å². The highest BCUT2D eigenvalue weighted by atomic mass is 15.2. The van der Waals surface area contributed by atoms with E-state index in [0.717, 1.165) is 16.7 Å². The Hall–Kier alpha value is -2.89. The van der Waals surface area contributed by atoms with E-state index in [1.165, 1.54) is 0 Å². The Morgan fingerprint density at radius 3 is 2.95 bits per heavy atom. The molecule has 0 radical (unpaired) electrons. The molecular formula is C13H10N6. The van der Waals surface area contributed by atoms with E-state index in [2.05, 4.69) is 15.0 Å². The number of fused-ring (bicyclic) bond motifs is 2. The van der Waals surface area contributed by atoms with Crippen molar-refractivity contribution in [2.24, 2.45) is 0 Å². The summed E-state index contributed by atoms with van der Waals surface area (Å²) >= 11 is 0. The Balaban J connectivity index is 2.11. The maximum Gasteiger partial charge on any atom is 0.184 e. The summed E-state index contributed by atoms with van der Waals surface area (Å²) in [6.45, 7) is 0. The predicted octanol–water partition coefficient (Wildman–Crippen LogP) is 1.65. The molecule has 3 aromatic heterocycles. The van der Waals surface area contributed by atoms with E-state index in [0.29, 0.717) is 11.6 Å². The molecule has 0 aliphatic heterocycles. The second-order valence-electron chi connectivity index (χ2n) is 4.25. The molecule has 4 aromatic rings. The molecule has 0 unspecified atom stereocenters. The highest BCUT2D eigenvalue weighted by Gasteiger charge is 2.11. The first kappa shape index (κ1) is 10.1. The zero-order valence-corrected chi connectivity index (χ0v) is 9.93. The highest BCUT2D eigenvalue weighted by molar-refractivity contribution is 5.78. The summed E-state index contributed by atoms with van der Waals surface area (Å²) in [5.74, 6) is 1.12. The van der Waals surface area contributed by atoms with Crippen LogP contribution in [-0.4, -0.2) is 23.9 Å². The number of anilines is 1. The minimum absolute atomic E-state index is 0.443. The van der Waals surface area contributed by atoms with Gasteiger partial charge in [-0.05, 0) is 12.1 Å². The number of para-hydroxylation sites is 2. The molecule has 2 N–H and O–H groups in total. The molecule has 19 heavy (non-hydrogen) atoms. The fraction of sp³-hybridized carbons (Fsp3) is 0. The molecule has 6 nitrogen and oxygen atoms in total. The quantitative estimate of drug-likeness (QED) is 0.557. The molecule has 0 fully saturated rings. The van der Waals surface area contributed by atoms with Crippen LogP contribution in [0.2, 0.25) is 0 Å². The van der Waals surface area contributed by atoms with E-state index in [-0.39, 0.29) is 0 Å². The number of aromatic nitrogens is 5. The van der Waals surface area contributed by atoms with Gasteiger partial charge < -0.3 is 10.1 Å². The van der Waals surface area contributed by atoms with Crippen LogP contribution < -0.4 is 5.73 Å². The van der Waals surface area contributed by atoms with Crippen molar-refractivity contribution in [1.29, 1.82) is 0 Å². The molecule has 0 amide bonds. The van der Waals surface area contributed by atoms with Crippen LogP contribution in [0.15, 0.2) is 49.2 Å². The minimum Gasteiger partial charge on any atom is -0.382 e. The maximum atomic E-state index is 5.84. The van der Waals surface area contributed by atoms with Gasteiger partial charge in [0.15, 0.2) is 11.5 Å². The molecule has 1 aromatic carbocycles. The first-order chi connectivity index (χ1) is 9.33. The Morgan fingerprint density at radius 2 is 2.00 bits per heavy atom. The van der Waals surface area contributed by atoms with Crippen molar-refractivity contribution in [3.63, 3.8) is 0 Å². The number of imidazole rings is 2. The fourth-order valence-electron chi connectivity index (χ4n) is 2.22. The van der Waals surface area contributed by atoms with E-state index in [1.54, 1.807) is 18.7 Å². The Kier molecular flexibility index (Phi) is 1.88. The number of hydrogen-bond donors (Lipinski definition) is 1. The molecule has 0 aliphatic rings. The van der Waals surface area contributed by atoms with Gasteiger partial charge in [-0.15, -0.1) is 0 Å². The highest BCUT2D eigenvalue weighted by Crippen LogP contribution is 2.20. The molecule has 0 spiro atoms. The number of nitrogen functional groups attached to an aromatic ring is 1. The molecule has 4 rings (SSSR count). The lowest BCUT2D eigenvalue weighted by molar-refractivity contribution is 0.997. The third-order valence-electron chi connectivity index (χ3n) is 3.06. The van der Waals surface area contributed by atoms with Crippen molar-refractivity contribution >= 4 is 22.5 Å². The zero-order chi connectivity index (χ0) is 12.8. The summed E-state index contributed by atoms with van der Waals surface area (Å²) in [6, 6.07) is 7.88. The van der Waals surface area contributed by atoms with Crippen LogP contribution in [0, 0.1) is 0 Å². The zero-order valence-electron chi connectivity index (χ0n) is 9.93. The Morgan fingerprint density at radius 1 is 1.11 bits per heavy atom. The molecule has 0 saturated heterocycles. The monoisotopic (exact) mass is 250 g/mol. The third-order valence-corrected chi connectivity index (χ3v) is 3.06. The summed E-state index contributed by atoms with van der Waals surface area (Å²) in [4.78, 5) is 13.1. The average Bonchev–Trinajstić information content (AvgIpc) is 3.03. The predicted molar refractivity (Wildman–Crippen MR) is 72.0 cm³/mol. The number of benzene rings is 1. The second kappa shape index (κ2) is 3.55. The molecule has 6 heteroatoms. The van der Waals surface area contributed by atoms with Crippen LogP contribution in [0.1, 0.15) is 0 Å². The number of nitrogens with zero attached hydrogens (tertiary/aromatic N) is 5. The molecule has 0 atom stereocenters. The maximum absolute atomic E-state index is 5.84. The van der Waals surface area contributed by atoms with Gasteiger partial charge in [0, 0.05) is 12.4 Å². The number of nitrogens with two attached hydrogens (primary N) is 1. The summed E-state index contributed by atoms with van der Waals surface area (Å²) in [5, 5.41) is 0. The van der Waals surface area contributed by atoms with Crippen molar-refractivity contribution in [3.05, 3.63) is 49.2 Å². The summed E-state index contributed by atoms with van der Waals surface area (Å²) in [7, 11) is 0. The lowest BCUT2D eigenvalue weighted by Gasteiger charge is -2.06. The topological polar surface area (TPSA) is 74.0 Å². The van der Waals surface area contributed by atoms with Gasteiger partial charge in [0.1, 0.15) is 12.1 Å². The van der Waals surface area contributed by atoms with Gasteiger partial charge in [0.25, 0.3) is 0 Å². The smallest absolute Gasteiger partial charge is 0.184 e. The van der Waals surface area contributed by atoms with Gasteiger partial charge in [0.2, 0.25) is 0 Å². The van der Waals surface area contributed by atoms with Gasteiger partial charge in [-0.3, -0.25) is 4.57 Å². The number of hydrogen-bond acceptors (Lipinski definition) is 4. The first-order valence-electron chi connectivity index (χ1n) is 5.84. The number of rotatable bonds is 1. The molecule has 92 valence electrons. The van der Waals surface area contributed by atoms with Crippen LogP contribution in [0.4, 0.5) is 5.82 Å². The van der Waals surface area contributed by atoms with Crippen LogP contribution in [0.5, 0.6) is 0 Å². The van der Waals surface area contributed by atoms with E-state index < -0.39 is 0 Å². The lowest BCUT2D eigenvalue weighted by atomic mass is 10.3. The van der Waals surface area contributed by atoms with Crippen molar-refractivity contribution in [2.75, 3.05) is 5.73 Å². The summed E-state index contributed by atoms with van der Waals surface area (Å²) in [5.41, 5.74) is 8.48. The largest absolute Gasteiger partial charge is 0.382 e. The van der Waals surface area contributed by atoms with Crippen molar-refractivity contribution in [3.8, 4) is 5.82 Å². The molecule has 0 bridgehead atoms. The standard InChI is InChI=1S/C13H10N6/c14-11-7-18-6-5-15-12(18)13(17-11)19-8-16-9-3-1-2-4-10(9)19/h1-8H,14H2. The van der Waals surface area contributed by atoms with E-state index in [1.807, 2.05) is 39.4 Å². The Labute approximate surface area is 108 Å². The van der Waals surface area contributed by atoms with Crippen LogP contribution in [-0.2, 0) is 0 Å². The second-order valence-corrected chi connectivity index (χ2v) is 4.25. The van der Waals surface area contributed by atoms with Gasteiger partial charge in [-0.25, -0.2) is 15.0 Å². The SMILES string of the molecule is Nc1cn2ccnc2c(-n2cnc3ccccc32)n1. The van der Waals surface area contributed by atoms with Crippen molar-refractivity contribution in [2.45, 2.75) is 0 Å². The third kappa shape index (κ3) is 1.40. The average molecular weight is 250 g/mol. The van der Waals surface area contributed by atoms with Gasteiger partial charge >= 0.3 is 0 Å². The van der Waals surface area contributed by atoms with E-state index in [9.17, 15) is 0 Å². The van der Waals surface area contributed by atoms with Gasteiger partial charge in [0.05, 0.1) is 17.2 Å². The minimum atomic E-state index is 0.443. The van der Waals surface area contributed by atoms with Crippen LogP contribution >= 0.6 is 0 Å². The van der Waals surface area contributed by atoms with Gasteiger partial charge in [-0.1, -0.05) is 12.1 Å². The summed E-state index contributed by atoms with van der Waals surface area (Å²) < 4.78 is 3.75. The molecule has 0 aliphatic carbocycles. The molecular weight excluding hydrogens is 240 g/mol. The normalized spacial score (nSPS) is 11.4. The van der Waals surface area contributed by atoms with Crippen LogP contribution in [0.3, 0.4) is 0 Å². The van der Waals surface area contributed by atoms with Gasteiger partial charge in [-0.2, -0.15) is 0 Å². The first-order valence-corrected chi connectivity index (χ1v) is 5.84. The van der Waals surface area contributed by atoms with E-state index >= 15 is 0 Å². The molecule has 3 heterocycles.